The Bertz CT molecular complexity index is 415. The predicted molar refractivity (Wildman–Crippen MR) is 71.5 cm³/mol. The van der Waals surface area contributed by atoms with Crippen LogP contribution in [0.25, 0.3) is 0 Å². The molecule has 2 aliphatic rings. The zero-order valence-corrected chi connectivity index (χ0v) is 11.8. The first kappa shape index (κ1) is 14.7. The second-order valence-corrected chi connectivity index (χ2v) is 7.77. The molecule has 0 radical (unpaired) electrons. The van der Waals surface area contributed by atoms with E-state index in [2.05, 4.69) is 10.6 Å². The number of carbonyl (C=O) groups excluding carboxylic acids is 1. The summed E-state index contributed by atoms with van der Waals surface area (Å²) < 4.78 is 22.9. The highest BCUT2D eigenvalue weighted by Crippen LogP contribution is 2.18. The molecular weight excluding hydrogens is 268 g/mol. The van der Waals surface area contributed by atoms with Crippen LogP contribution in [0.4, 0.5) is 0 Å². The molecule has 0 aromatic heterocycles. The predicted octanol–water partition coefficient (Wildman–Crippen LogP) is -0.817. The lowest BCUT2D eigenvalue weighted by Crippen LogP contribution is -2.48. The molecule has 19 heavy (non-hydrogen) atoms. The maximum absolute atomic E-state index is 11.9. The van der Waals surface area contributed by atoms with Gasteiger partial charge >= 0.3 is 0 Å². The second kappa shape index (κ2) is 6.19. The van der Waals surface area contributed by atoms with E-state index in [1.54, 1.807) is 0 Å². The molecule has 0 aromatic rings. The summed E-state index contributed by atoms with van der Waals surface area (Å²) in [4.78, 5) is 11.9. The molecule has 1 aliphatic carbocycles. The molecule has 0 aromatic carbocycles. The number of hydrogen-bond donors (Lipinski definition) is 3. The monoisotopic (exact) mass is 290 g/mol. The number of aliphatic hydroxyl groups excluding tert-OH is 1. The summed E-state index contributed by atoms with van der Waals surface area (Å²) in [5.74, 6) is 0.103. The van der Waals surface area contributed by atoms with Gasteiger partial charge in [0.25, 0.3) is 0 Å². The van der Waals surface area contributed by atoms with E-state index in [0.29, 0.717) is 6.54 Å². The number of nitrogens with one attached hydrogen (secondary N) is 2. The number of carbonyl (C=O) groups is 1. The van der Waals surface area contributed by atoms with Crippen molar-refractivity contribution in [2.45, 2.75) is 50.3 Å². The molecule has 110 valence electrons. The van der Waals surface area contributed by atoms with Crippen molar-refractivity contribution in [3.05, 3.63) is 0 Å². The lowest BCUT2D eigenvalue weighted by Gasteiger charge is -2.28. The average molecular weight is 290 g/mol. The zero-order valence-electron chi connectivity index (χ0n) is 11.0. The minimum atomic E-state index is -2.99. The van der Waals surface area contributed by atoms with E-state index in [1.807, 2.05) is 0 Å². The molecule has 3 N–H and O–H groups in total. The van der Waals surface area contributed by atoms with Gasteiger partial charge in [-0.15, -0.1) is 0 Å². The summed E-state index contributed by atoms with van der Waals surface area (Å²) in [5.41, 5.74) is 0. The van der Waals surface area contributed by atoms with Crippen LogP contribution in [-0.4, -0.2) is 55.7 Å². The van der Waals surface area contributed by atoms with Crippen molar-refractivity contribution in [1.29, 1.82) is 0 Å². The van der Waals surface area contributed by atoms with E-state index >= 15 is 0 Å². The van der Waals surface area contributed by atoms with Gasteiger partial charge in [0.05, 0.1) is 17.6 Å². The van der Waals surface area contributed by atoms with E-state index in [-0.39, 0.29) is 42.0 Å². The molecule has 1 aliphatic heterocycles. The minimum absolute atomic E-state index is 0.0454. The Balaban J connectivity index is 1.75. The van der Waals surface area contributed by atoms with Crippen molar-refractivity contribution < 1.29 is 18.3 Å². The van der Waals surface area contributed by atoms with Crippen LogP contribution in [0.1, 0.15) is 32.1 Å². The van der Waals surface area contributed by atoms with E-state index in [9.17, 15) is 18.3 Å². The number of rotatable bonds is 3. The molecule has 6 nitrogen and oxygen atoms in total. The smallest absolute Gasteiger partial charge is 0.221 e. The third-order valence-electron chi connectivity index (χ3n) is 3.79. The Morgan fingerprint density at radius 2 is 1.95 bits per heavy atom. The van der Waals surface area contributed by atoms with Crippen LogP contribution in [0, 0.1) is 0 Å². The molecule has 1 amide bonds. The Kier molecular flexibility index (Phi) is 4.81. The SMILES string of the molecule is O=C(CC1CS(=O)(=O)CCN1)NC1CCC(O)CC1. The van der Waals surface area contributed by atoms with E-state index in [0.717, 1.165) is 25.7 Å². The molecule has 1 unspecified atom stereocenters. The van der Waals surface area contributed by atoms with E-state index in [1.165, 1.54) is 0 Å². The van der Waals surface area contributed by atoms with Crippen molar-refractivity contribution in [1.82, 2.24) is 10.6 Å². The highest BCUT2D eigenvalue weighted by Gasteiger charge is 2.27. The molecule has 1 saturated heterocycles. The van der Waals surface area contributed by atoms with Crippen LogP contribution in [0.5, 0.6) is 0 Å². The topological polar surface area (TPSA) is 95.5 Å². The molecule has 2 rings (SSSR count). The summed E-state index contributed by atoms with van der Waals surface area (Å²) in [6.07, 6.45) is 3.01. The molecule has 1 saturated carbocycles. The molecule has 0 spiro atoms. The van der Waals surface area contributed by atoms with Gasteiger partial charge in [0.15, 0.2) is 9.84 Å². The van der Waals surface area contributed by atoms with Gasteiger partial charge in [0.2, 0.25) is 5.91 Å². The summed E-state index contributed by atoms with van der Waals surface area (Å²) in [6, 6.07) is -0.149. The van der Waals surface area contributed by atoms with Crippen LogP contribution in [0.15, 0.2) is 0 Å². The standard InChI is InChI=1S/C12H22N2O4S/c15-11-3-1-9(2-4-11)14-12(16)7-10-8-19(17,18)6-5-13-10/h9-11,13,15H,1-8H2,(H,14,16). The van der Waals surface area contributed by atoms with Gasteiger partial charge < -0.3 is 15.7 Å². The molecule has 1 atom stereocenters. The fraction of sp³-hybridized carbons (Fsp3) is 0.917. The summed E-state index contributed by atoms with van der Waals surface area (Å²) in [5, 5.41) is 15.4. The Morgan fingerprint density at radius 3 is 2.58 bits per heavy atom. The highest BCUT2D eigenvalue weighted by molar-refractivity contribution is 7.91. The quantitative estimate of drug-likeness (QED) is 0.631. The highest BCUT2D eigenvalue weighted by atomic mass is 32.2. The van der Waals surface area contributed by atoms with Crippen molar-refractivity contribution in [3.63, 3.8) is 0 Å². The first-order chi connectivity index (χ1) is 8.94. The fourth-order valence-corrected chi connectivity index (χ4v) is 4.17. The van der Waals surface area contributed by atoms with Gasteiger partial charge in [-0.3, -0.25) is 4.79 Å². The van der Waals surface area contributed by atoms with Gasteiger partial charge in [-0.2, -0.15) is 0 Å². The van der Waals surface area contributed by atoms with Gasteiger partial charge in [-0.05, 0) is 25.7 Å². The van der Waals surface area contributed by atoms with Gasteiger partial charge in [0, 0.05) is 25.0 Å². The lowest BCUT2D eigenvalue weighted by atomic mass is 9.93. The summed E-state index contributed by atoms with van der Waals surface area (Å²) >= 11 is 0. The van der Waals surface area contributed by atoms with Crippen molar-refractivity contribution >= 4 is 15.7 Å². The van der Waals surface area contributed by atoms with E-state index < -0.39 is 9.84 Å². The number of hydrogen-bond acceptors (Lipinski definition) is 5. The minimum Gasteiger partial charge on any atom is -0.393 e. The van der Waals surface area contributed by atoms with Crippen molar-refractivity contribution in [2.75, 3.05) is 18.1 Å². The molecule has 1 heterocycles. The van der Waals surface area contributed by atoms with Crippen LogP contribution in [0.2, 0.25) is 0 Å². The van der Waals surface area contributed by atoms with Crippen molar-refractivity contribution in [2.24, 2.45) is 0 Å². The molecule has 2 fully saturated rings. The maximum Gasteiger partial charge on any atom is 0.221 e. The molecule has 7 heteroatoms. The van der Waals surface area contributed by atoms with Crippen LogP contribution in [-0.2, 0) is 14.6 Å². The Hall–Kier alpha value is -0.660. The summed E-state index contributed by atoms with van der Waals surface area (Å²) in [6.45, 7) is 0.426. The maximum atomic E-state index is 11.9. The number of aliphatic hydroxyl groups is 1. The van der Waals surface area contributed by atoms with Gasteiger partial charge in [0.1, 0.15) is 0 Å². The van der Waals surface area contributed by atoms with Crippen molar-refractivity contribution in [3.8, 4) is 0 Å². The number of amides is 1. The summed E-state index contributed by atoms with van der Waals surface area (Å²) in [7, 11) is -2.99. The normalized spacial score (nSPS) is 34.7. The fourth-order valence-electron chi connectivity index (χ4n) is 2.73. The molecule has 0 bridgehead atoms. The lowest BCUT2D eigenvalue weighted by molar-refractivity contribution is -0.122. The third-order valence-corrected chi connectivity index (χ3v) is 5.53. The van der Waals surface area contributed by atoms with Crippen LogP contribution in [0.3, 0.4) is 0 Å². The third kappa shape index (κ3) is 4.74. The van der Waals surface area contributed by atoms with Gasteiger partial charge in [-0.25, -0.2) is 8.42 Å². The first-order valence-electron chi connectivity index (χ1n) is 6.86. The van der Waals surface area contributed by atoms with Crippen LogP contribution >= 0.6 is 0 Å². The Morgan fingerprint density at radius 1 is 1.26 bits per heavy atom. The van der Waals surface area contributed by atoms with Gasteiger partial charge in [-0.1, -0.05) is 0 Å². The van der Waals surface area contributed by atoms with E-state index in [4.69, 9.17) is 0 Å². The number of sulfone groups is 1. The average Bonchev–Trinajstić information content (AvgIpc) is 2.30. The van der Waals surface area contributed by atoms with Crippen LogP contribution < -0.4 is 10.6 Å². The first-order valence-corrected chi connectivity index (χ1v) is 8.68. The molecular formula is C12H22N2O4S. The second-order valence-electron chi connectivity index (χ2n) is 5.54. The zero-order chi connectivity index (χ0) is 13.9. The Labute approximate surface area is 113 Å². The largest absolute Gasteiger partial charge is 0.393 e.